The second-order valence-electron chi connectivity index (χ2n) is 6.82. The van der Waals surface area contributed by atoms with Gasteiger partial charge in [-0.3, -0.25) is 19.4 Å². The molecule has 0 aromatic heterocycles. The van der Waals surface area contributed by atoms with Gasteiger partial charge in [0, 0.05) is 39.8 Å². The van der Waals surface area contributed by atoms with E-state index in [0.29, 0.717) is 37.5 Å². The number of ether oxygens (including phenoxy) is 1. The lowest BCUT2D eigenvalue weighted by molar-refractivity contribution is -0.136. The number of carbonyl (C=O) groups excluding carboxylic acids is 2. The van der Waals surface area contributed by atoms with Crippen molar-refractivity contribution in [3.63, 3.8) is 0 Å². The van der Waals surface area contributed by atoms with Gasteiger partial charge in [-0.05, 0) is 24.1 Å². The lowest BCUT2D eigenvalue weighted by Crippen LogP contribution is -2.48. The highest BCUT2D eigenvalue weighted by Crippen LogP contribution is 2.32. The normalized spacial score (nSPS) is 18.6. The molecular formula is C20H27N3O4. The van der Waals surface area contributed by atoms with Gasteiger partial charge in [-0.15, -0.1) is 0 Å². The topological polar surface area (TPSA) is 73.3 Å². The predicted octanol–water partition coefficient (Wildman–Crippen LogP) is 0.795. The van der Waals surface area contributed by atoms with E-state index in [-0.39, 0.29) is 18.4 Å². The monoisotopic (exact) mass is 373 g/mol. The third kappa shape index (κ3) is 3.99. The first-order chi connectivity index (χ1) is 13.1. The fourth-order valence-electron chi connectivity index (χ4n) is 3.45. The fourth-order valence-corrected chi connectivity index (χ4v) is 3.45. The molecule has 2 heterocycles. The minimum atomic E-state index is -0.269. The number of rotatable bonds is 7. The van der Waals surface area contributed by atoms with Crippen molar-refractivity contribution in [2.24, 2.45) is 0 Å². The van der Waals surface area contributed by atoms with Gasteiger partial charge in [-0.1, -0.05) is 19.1 Å². The molecule has 1 saturated heterocycles. The highest BCUT2D eigenvalue weighted by molar-refractivity contribution is 6.35. The minimum Gasteiger partial charge on any atom is -0.494 e. The van der Waals surface area contributed by atoms with Crippen LogP contribution in [0, 0.1) is 0 Å². The summed E-state index contributed by atoms with van der Waals surface area (Å²) in [6.07, 6.45) is 0.928. The fraction of sp³-hybridized carbons (Fsp3) is 0.500. The molecular weight excluding hydrogens is 346 g/mol. The number of piperazine rings is 1. The minimum absolute atomic E-state index is 0.126. The highest BCUT2D eigenvalue weighted by Gasteiger charge is 2.40. The van der Waals surface area contributed by atoms with Crippen LogP contribution in [0.4, 0.5) is 0 Å². The van der Waals surface area contributed by atoms with E-state index in [4.69, 9.17) is 9.84 Å². The predicted molar refractivity (Wildman–Crippen MR) is 102 cm³/mol. The Kier molecular flexibility index (Phi) is 6.13. The summed E-state index contributed by atoms with van der Waals surface area (Å²) in [5.74, 6) is 0.234. The molecule has 0 aliphatic carbocycles. The van der Waals surface area contributed by atoms with E-state index in [9.17, 15) is 9.59 Å². The third-order valence-corrected chi connectivity index (χ3v) is 4.98. The molecule has 2 aliphatic rings. The first-order valence-corrected chi connectivity index (χ1v) is 9.44. The van der Waals surface area contributed by atoms with Gasteiger partial charge in [0.05, 0.1) is 18.8 Å². The quantitative estimate of drug-likeness (QED) is 0.713. The number of hydrogen-bond donors (Lipinski definition) is 1. The molecule has 1 fully saturated rings. The molecule has 1 N–H and O–H groups in total. The van der Waals surface area contributed by atoms with Gasteiger partial charge in [0.25, 0.3) is 11.8 Å². The number of likely N-dealkylation sites (N-methyl/N-ethyl adjacent to an activating group) is 1. The van der Waals surface area contributed by atoms with Crippen LogP contribution in [-0.2, 0) is 9.59 Å². The molecule has 146 valence electrons. The molecule has 0 radical (unpaired) electrons. The first kappa shape index (κ1) is 19.4. The first-order valence-electron chi connectivity index (χ1n) is 9.44. The summed E-state index contributed by atoms with van der Waals surface area (Å²) in [5, 5.41) is 9.09. The SMILES string of the molecule is CCCOc1ccc(C2=C(N3CCN(CCO)CC3)C(=O)N(C)C2=O)cc1. The smallest absolute Gasteiger partial charge is 0.277 e. The molecule has 2 amide bonds. The van der Waals surface area contributed by atoms with E-state index in [1.807, 2.05) is 36.1 Å². The van der Waals surface area contributed by atoms with Crippen molar-refractivity contribution in [1.29, 1.82) is 0 Å². The van der Waals surface area contributed by atoms with Crippen molar-refractivity contribution in [2.75, 3.05) is 53.0 Å². The van der Waals surface area contributed by atoms with E-state index in [1.54, 1.807) is 0 Å². The molecule has 0 unspecified atom stereocenters. The van der Waals surface area contributed by atoms with E-state index in [0.717, 1.165) is 30.8 Å². The number of aliphatic hydroxyl groups is 1. The van der Waals surface area contributed by atoms with Crippen LogP contribution in [0.2, 0.25) is 0 Å². The van der Waals surface area contributed by atoms with Crippen LogP contribution in [-0.4, -0.2) is 84.6 Å². The molecule has 27 heavy (non-hydrogen) atoms. The maximum absolute atomic E-state index is 12.7. The van der Waals surface area contributed by atoms with Crippen molar-refractivity contribution >= 4 is 17.4 Å². The van der Waals surface area contributed by atoms with Crippen molar-refractivity contribution in [3.05, 3.63) is 35.5 Å². The van der Waals surface area contributed by atoms with Crippen LogP contribution in [0.25, 0.3) is 5.57 Å². The molecule has 0 spiro atoms. The summed E-state index contributed by atoms with van der Waals surface area (Å²) in [6, 6.07) is 7.36. The van der Waals surface area contributed by atoms with Gasteiger partial charge >= 0.3 is 0 Å². The molecule has 1 aromatic rings. The van der Waals surface area contributed by atoms with Crippen molar-refractivity contribution in [1.82, 2.24) is 14.7 Å². The largest absolute Gasteiger partial charge is 0.494 e. The number of amides is 2. The number of β-amino-alcohol motifs (C(OH)–C–C–N with tert-alkyl or cyclic N) is 1. The Balaban J connectivity index is 1.86. The van der Waals surface area contributed by atoms with E-state index >= 15 is 0 Å². The van der Waals surface area contributed by atoms with Crippen LogP contribution < -0.4 is 4.74 Å². The molecule has 7 heteroatoms. The maximum atomic E-state index is 12.7. The molecule has 0 bridgehead atoms. The Morgan fingerprint density at radius 1 is 1.04 bits per heavy atom. The summed E-state index contributed by atoms with van der Waals surface area (Å²) < 4.78 is 5.61. The molecule has 3 rings (SSSR count). The second-order valence-corrected chi connectivity index (χ2v) is 6.82. The van der Waals surface area contributed by atoms with E-state index < -0.39 is 0 Å². The summed E-state index contributed by atoms with van der Waals surface area (Å²) in [7, 11) is 1.53. The van der Waals surface area contributed by atoms with Crippen LogP contribution in [0.5, 0.6) is 5.75 Å². The van der Waals surface area contributed by atoms with Crippen molar-refractivity contribution in [2.45, 2.75) is 13.3 Å². The standard InChI is InChI=1S/C20H27N3O4/c1-3-14-27-16-6-4-15(5-7-16)17-18(20(26)21(2)19(17)25)23-10-8-22(9-11-23)12-13-24/h4-7,24H,3,8-14H2,1-2H3. The van der Waals surface area contributed by atoms with Crippen LogP contribution in [0.1, 0.15) is 18.9 Å². The summed E-state index contributed by atoms with van der Waals surface area (Å²) in [6.45, 7) is 6.27. The molecule has 2 aliphatic heterocycles. The number of benzene rings is 1. The number of aliphatic hydroxyl groups excluding tert-OH is 1. The Morgan fingerprint density at radius 2 is 1.70 bits per heavy atom. The van der Waals surface area contributed by atoms with Crippen LogP contribution in [0.3, 0.4) is 0 Å². The van der Waals surface area contributed by atoms with E-state index in [1.165, 1.54) is 11.9 Å². The Hall–Kier alpha value is -2.38. The number of nitrogens with zero attached hydrogens (tertiary/aromatic N) is 3. The molecule has 1 aromatic carbocycles. The Labute approximate surface area is 159 Å². The molecule has 7 nitrogen and oxygen atoms in total. The average molecular weight is 373 g/mol. The zero-order valence-corrected chi connectivity index (χ0v) is 16.0. The zero-order valence-electron chi connectivity index (χ0n) is 16.0. The number of imide groups is 1. The zero-order chi connectivity index (χ0) is 19.4. The average Bonchev–Trinajstić information content (AvgIpc) is 2.92. The molecule has 0 atom stereocenters. The van der Waals surface area contributed by atoms with Crippen LogP contribution >= 0.6 is 0 Å². The molecule has 0 saturated carbocycles. The lowest BCUT2D eigenvalue weighted by atomic mass is 10.0. The van der Waals surface area contributed by atoms with Crippen molar-refractivity contribution in [3.8, 4) is 5.75 Å². The Morgan fingerprint density at radius 3 is 2.30 bits per heavy atom. The van der Waals surface area contributed by atoms with Gasteiger partial charge in [-0.2, -0.15) is 0 Å². The number of hydrogen-bond acceptors (Lipinski definition) is 6. The summed E-state index contributed by atoms with van der Waals surface area (Å²) >= 11 is 0. The van der Waals surface area contributed by atoms with Gasteiger partial charge in [0.15, 0.2) is 0 Å². The van der Waals surface area contributed by atoms with Crippen LogP contribution in [0.15, 0.2) is 30.0 Å². The van der Waals surface area contributed by atoms with Gasteiger partial charge in [0.1, 0.15) is 11.4 Å². The van der Waals surface area contributed by atoms with Gasteiger partial charge < -0.3 is 14.7 Å². The Bertz CT molecular complexity index is 721. The summed E-state index contributed by atoms with van der Waals surface area (Å²) in [4.78, 5) is 30.8. The lowest BCUT2D eigenvalue weighted by Gasteiger charge is -2.36. The number of carbonyl (C=O) groups is 2. The second kappa shape index (κ2) is 8.54. The maximum Gasteiger partial charge on any atom is 0.277 e. The van der Waals surface area contributed by atoms with E-state index in [2.05, 4.69) is 4.90 Å². The third-order valence-electron chi connectivity index (χ3n) is 4.98. The van der Waals surface area contributed by atoms with Gasteiger partial charge in [0.2, 0.25) is 0 Å². The summed E-state index contributed by atoms with van der Waals surface area (Å²) in [5.41, 5.74) is 1.67. The van der Waals surface area contributed by atoms with Gasteiger partial charge in [-0.25, -0.2) is 0 Å². The highest BCUT2D eigenvalue weighted by atomic mass is 16.5. The van der Waals surface area contributed by atoms with Crippen molar-refractivity contribution < 1.29 is 19.4 Å².